The van der Waals surface area contributed by atoms with E-state index in [4.69, 9.17) is 9.15 Å². The number of hydrogen-bond acceptors (Lipinski definition) is 3. The van der Waals surface area contributed by atoms with Gasteiger partial charge in [0.15, 0.2) is 0 Å². The van der Waals surface area contributed by atoms with E-state index in [2.05, 4.69) is 15.9 Å². The Morgan fingerprint density at radius 3 is 2.67 bits per heavy atom. The average Bonchev–Trinajstić information content (AvgIpc) is 2.73. The monoisotopic (exact) mass is 312 g/mol. The lowest BCUT2D eigenvalue weighted by molar-refractivity contribution is 0.0491. The van der Waals surface area contributed by atoms with Crippen molar-refractivity contribution in [2.24, 2.45) is 0 Å². The number of carbonyl (C=O) groups is 1. The molecular formula is C13H10BrFO3. The molecule has 0 bridgehead atoms. The highest BCUT2D eigenvalue weighted by molar-refractivity contribution is 9.10. The van der Waals surface area contributed by atoms with Gasteiger partial charge in [0.25, 0.3) is 0 Å². The van der Waals surface area contributed by atoms with Crippen LogP contribution in [0.5, 0.6) is 0 Å². The van der Waals surface area contributed by atoms with E-state index < -0.39 is 5.97 Å². The number of furan rings is 1. The molecule has 0 amide bonds. The smallest absolute Gasteiger partial charge is 0.374 e. The molecule has 0 aliphatic rings. The van der Waals surface area contributed by atoms with Gasteiger partial charge in [-0.25, -0.2) is 9.18 Å². The fourth-order valence-electron chi connectivity index (χ4n) is 1.47. The summed E-state index contributed by atoms with van der Waals surface area (Å²) >= 11 is 3.30. The van der Waals surface area contributed by atoms with Crippen molar-refractivity contribution in [3.8, 4) is 11.3 Å². The third-order valence-electron chi connectivity index (χ3n) is 2.27. The summed E-state index contributed by atoms with van der Waals surface area (Å²) in [6, 6.07) is 7.35. The molecule has 0 unspecified atom stereocenters. The maximum absolute atomic E-state index is 12.8. The second-order valence-electron chi connectivity index (χ2n) is 3.52. The largest absolute Gasteiger partial charge is 0.460 e. The van der Waals surface area contributed by atoms with Gasteiger partial charge in [-0.1, -0.05) is 0 Å². The zero-order valence-corrected chi connectivity index (χ0v) is 11.2. The first kappa shape index (κ1) is 12.8. The van der Waals surface area contributed by atoms with Crippen LogP contribution < -0.4 is 0 Å². The SMILES string of the molecule is CCOC(=O)c1cc(Br)c(-c2ccc(F)cc2)o1. The van der Waals surface area contributed by atoms with Crippen LogP contribution in [0.4, 0.5) is 4.39 Å². The lowest BCUT2D eigenvalue weighted by Crippen LogP contribution is -2.02. The summed E-state index contributed by atoms with van der Waals surface area (Å²) in [5.41, 5.74) is 0.679. The molecule has 0 saturated heterocycles. The van der Waals surface area contributed by atoms with Crippen molar-refractivity contribution in [3.05, 3.63) is 46.4 Å². The van der Waals surface area contributed by atoms with Crippen LogP contribution in [0.15, 0.2) is 39.2 Å². The van der Waals surface area contributed by atoms with Crippen molar-refractivity contribution in [1.82, 2.24) is 0 Å². The second kappa shape index (κ2) is 5.35. The van der Waals surface area contributed by atoms with E-state index in [1.807, 2.05) is 0 Å². The van der Waals surface area contributed by atoms with Gasteiger partial charge < -0.3 is 9.15 Å². The number of ether oxygens (including phenoxy) is 1. The van der Waals surface area contributed by atoms with Gasteiger partial charge in [0.05, 0.1) is 11.1 Å². The van der Waals surface area contributed by atoms with Crippen molar-refractivity contribution in [1.29, 1.82) is 0 Å². The molecule has 0 aliphatic heterocycles. The van der Waals surface area contributed by atoms with E-state index in [0.717, 1.165) is 0 Å². The fourth-order valence-corrected chi connectivity index (χ4v) is 1.99. The van der Waals surface area contributed by atoms with E-state index in [9.17, 15) is 9.18 Å². The van der Waals surface area contributed by atoms with Crippen LogP contribution in [-0.4, -0.2) is 12.6 Å². The molecule has 0 spiro atoms. The quantitative estimate of drug-likeness (QED) is 0.803. The molecule has 1 heterocycles. The van der Waals surface area contributed by atoms with Crippen molar-refractivity contribution in [2.75, 3.05) is 6.61 Å². The van der Waals surface area contributed by atoms with Gasteiger partial charge in [-0.2, -0.15) is 0 Å². The van der Waals surface area contributed by atoms with Crippen LogP contribution in [0.1, 0.15) is 17.5 Å². The predicted molar refractivity (Wildman–Crippen MR) is 67.8 cm³/mol. The number of halogens is 2. The number of hydrogen-bond donors (Lipinski definition) is 0. The Balaban J connectivity index is 2.34. The van der Waals surface area contributed by atoms with E-state index in [-0.39, 0.29) is 18.2 Å². The fraction of sp³-hybridized carbons (Fsp3) is 0.154. The summed E-state index contributed by atoms with van der Waals surface area (Å²) in [6.07, 6.45) is 0. The summed E-state index contributed by atoms with van der Waals surface area (Å²) in [5.74, 6) is -0.264. The standard InChI is InChI=1S/C13H10BrFO3/c1-2-17-13(16)11-7-10(14)12(18-11)8-3-5-9(15)6-4-8/h3-7H,2H2,1H3. The van der Waals surface area contributed by atoms with Crippen LogP contribution in [0.2, 0.25) is 0 Å². The minimum absolute atomic E-state index is 0.114. The van der Waals surface area contributed by atoms with Crippen molar-refractivity contribution >= 4 is 21.9 Å². The van der Waals surface area contributed by atoms with Crippen LogP contribution in [0, 0.1) is 5.82 Å². The van der Waals surface area contributed by atoms with Crippen LogP contribution in [-0.2, 0) is 4.74 Å². The Morgan fingerprint density at radius 1 is 1.39 bits per heavy atom. The van der Waals surface area contributed by atoms with Crippen molar-refractivity contribution in [2.45, 2.75) is 6.92 Å². The zero-order valence-electron chi connectivity index (χ0n) is 9.57. The maximum atomic E-state index is 12.8. The molecular weight excluding hydrogens is 303 g/mol. The maximum Gasteiger partial charge on any atom is 0.374 e. The van der Waals surface area contributed by atoms with E-state index in [1.54, 1.807) is 19.1 Å². The molecule has 5 heteroatoms. The lowest BCUT2D eigenvalue weighted by Gasteiger charge is -1.99. The molecule has 0 aliphatic carbocycles. The van der Waals surface area contributed by atoms with Gasteiger partial charge in [0, 0.05) is 11.6 Å². The van der Waals surface area contributed by atoms with Crippen molar-refractivity contribution in [3.63, 3.8) is 0 Å². The van der Waals surface area contributed by atoms with Gasteiger partial charge in [-0.05, 0) is 47.1 Å². The molecule has 18 heavy (non-hydrogen) atoms. The Morgan fingerprint density at radius 2 is 2.06 bits per heavy atom. The highest BCUT2D eigenvalue weighted by atomic mass is 79.9. The molecule has 94 valence electrons. The molecule has 3 nitrogen and oxygen atoms in total. The molecule has 0 saturated carbocycles. The summed E-state index contributed by atoms with van der Waals surface area (Å²) in [5, 5.41) is 0. The number of carbonyl (C=O) groups excluding carboxylic acids is 1. The Kier molecular flexibility index (Phi) is 3.81. The van der Waals surface area contributed by atoms with E-state index in [0.29, 0.717) is 15.8 Å². The highest BCUT2D eigenvalue weighted by Crippen LogP contribution is 2.31. The summed E-state index contributed by atoms with van der Waals surface area (Å²) in [6.45, 7) is 2.00. The topological polar surface area (TPSA) is 39.4 Å². The number of esters is 1. The summed E-state index contributed by atoms with van der Waals surface area (Å²) in [4.78, 5) is 11.5. The molecule has 0 fully saturated rings. The number of rotatable bonds is 3. The highest BCUT2D eigenvalue weighted by Gasteiger charge is 2.17. The molecule has 1 aromatic carbocycles. The van der Waals surface area contributed by atoms with Gasteiger partial charge in [0.2, 0.25) is 5.76 Å². The van der Waals surface area contributed by atoms with Gasteiger partial charge in [-0.3, -0.25) is 0 Å². The molecule has 2 aromatic rings. The van der Waals surface area contributed by atoms with Gasteiger partial charge in [-0.15, -0.1) is 0 Å². The minimum Gasteiger partial charge on any atom is -0.460 e. The first-order valence-corrected chi connectivity index (χ1v) is 6.13. The first-order chi connectivity index (χ1) is 8.61. The predicted octanol–water partition coefficient (Wildman–Crippen LogP) is 4.02. The third-order valence-corrected chi connectivity index (χ3v) is 2.86. The normalized spacial score (nSPS) is 10.4. The van der Waals surface area contributed by atoms with Crippen molar-refractivity contribution < 1.29 is 18.3 Å². The molecule has 1 aromatic heterocycles. The molecule has 0 N–H and O–H groups in total. The lowest BCUT2D eigenvalue weighted by atomic mass is 10.2. The third kappa shape index (κ3) is 2.61. The summed E-state index contributed by atoms with van der Waals surface area (Å²) in [7, 11) is 0. The average molecular weight is 313 g/mol. The minimum atomic E-state index is -0.522. The molecule has 0 radical (unpaired) electrons. The van der Waals surface area contributed by atoms with Gasteiger partial charge >= 0.3 is 5.97 Å². The Hall–Kier alpha value is -1.62. The zero-order chi connectivity index (χ0) is 13.1. The number of benzene rings is 1. The Bertz CT molecular complexity index is 560. The van der Waals surface area contributed by atoms with Crippen LogP contribution in [0.3, 0.4) is 0 Å². The van der Waals surface area contributed by atoms with Crippen LogP contribution in [0.25, 0.3) is 11.3 Å². The van der Waals surface area contributed by atoms with E-state index in [1.165, 1.54) is 18.2 Å². The molecule has 0 atom stereocenters. The second-order valence-corrected chi connectivity index (χ2v) is 4.37. The molecule has 2 rings (SSSR count). The summed E-state index contributed by atoms with van der Waals surface area (Å²) < 4.78 is 23.7. The first-order valence-electron chi connectivity index (χ1n) is 5.34. The Labute approximate surface area is 112 Å². The van der Waals surface area contributed by atoms with E-state index >= 15 is 0 Å². The van der Waals surface area contributed by atoms with Gasteiger partial charge in [0.1, 0.15) is 11.6 Å². The van der Waals surface area contributed by atoms with Crippen LogP contribution >= 0.6 is 15.9 Å².